The third-order valence-corrected chi connectivity index (χ3v) is 14.6. The number of methoxy groups -OCH3 is 1. The van der Waals surface area contributed by atoms with Crippen LogP contribution in [0.5, 0.6) is 5.75 Å². The molecule has 1 heterocycles. The summed E-state index contributed by atoms with van der Waals surface area (Å²) in [6.45, 7) is 7.96. The number of rotatable bonds is 16. The molecule has 0 spiro atoms. The summed E-state index contributed by atoms with van der Waals surface area (Å²) in [6, 6.07) is 8.45. The van der Waals surface area contributed by atoms with Crippen LogP contribution in [-0.4, -0.2) is 33.2 Å². The second-order valence-corrected chi connectivity index (χ2v) is 17.2. The van der Waals surface area contributed by atoms with E-state index in [4.69, 9.17) is 9.72 Å². The predicted molar refractivity (Wildman–Crippen MR) is 144 cm³/mol. The monoisotopic (exact) mass is 576 g/mol. The first-order chi connectivity index (χ1) is 16.1. The van der Waals surface area contributed by atoms with Crippen LogP contribution in [0.1, 0.15) is 108 Å². The van der Waals surface area contributed by atoms with Crippen LogP contribution in [0.3, 0.4) is 0 Å². The van der Waals surface area contributed by atoms with Crippen molar-refractivity contribution in [3.8, 4) is 5.75 Å². The van der Waals surface area contributed by atoms with Crippen LogP contribution in [0.4, 0.5) is 0 Å². The quantitative estimate of drug-likeness (QED) is 0.212. The van der Waals surface area contributed by atoms with Crippen LogP contribution in [0.25, 0.3) is 0 Å². The number of aromatic nitrogens is 1. The molecule has 0 bridgehead atoms. The number of nitrogens with one attached hydrogen (secondary N) is 1. The SMILES string of the molecule is CCCC[C](CCCC)(CCCC)[Sn][c]1cnc(C2(NCc3ccc(OC)cc3)CCC2)s1. The molecular weight excluding hydrogens is 531 g/mol. The van der Waals surface area contributed by atoms with Gasteiger partial charge in [0.15, 0.2) is 0 Å². The van der Waals surface area contributed by atoms with Crippen LogP contribution in [-0.2, 0) is 12.1 Å². The molecule has 0 amide bonds. The topological polar surface area (TPSA) is 34.2 Å². The van der Waals surface area contributed by atoms with Crippen molar-refractivity contribution in [2.75, 3.05) is 7.11 Å². The van der Waals surface area contributed by atoms with Crippen molar-refractivity contribution in [3.05, 3.63) is 41.0 Å². The zero-order chi connectivity index (χ0) is 23.6. The maximum absolute atomic E-state index is 5.31. The Hall–Kier alpha value is -0.591. The van der Waals surface area contributed by atoms with Gasteiger partial charge in [0.2, 0.25) is 0 Å². The molecule has 2 aromatic rings. The molecule has 1 aliphatic rings. The Morgan fingerprint density at radius 2 is 1.61 bits per heavy atom. The fourth-order valence-corrected chi connectivity index (χ4v) is 13.0. The van der Waals surface area contributed by atoms with E-state index >= 15 is 0 Å². The van der Waals surface area contributed by atoms with Gasteiger partial charge in [0.25, 0.3) is 0 Å². The molecule has 33 heavy (non-hydrogen) atoms. The zero-order valence-corrected chi connectivity index (χ0v) is 25.0. The van der Waals surface area contributed by atoms with E-state index in [1.807, 2.05) is 0 Å². The van der Waals surface area contributed by atoms with Gasteiger partial charge in [-0.25, -0.2) is 0 Å². The first-order valence-corrected chi connectivity index (χ1v) is 16.9. The molecule has 1 aromatic heterocycles. The maximum atomic E-state index is 5.31. The van der Waals surface area contributed by atoms with Crippen LogP contribution in [0, 0.1) is 0 Å². The van der Waals surface area contributed by atoms with Crippen molar-refractivity contribution in [1.29, 1.82) is 0 Å². The Morgan fingerprint density at radius 3 is 2.09 bits per heavy atom. The fraction of sp³-hybridized carbons (Fsp3) is 0.679. The normalized spacial score (nSPS) is 15.4. The number of hydrogen-bond acceptors (Lipinski definition) is 4. The van der Waals surface area contributed by atoms with E-state index in [1.54, 1.807) is 10.0 Å². The number of ether oxygens (including phenoxy) is 1. The summed E-state index contributed by atoms with van der Waals surface area (Å²) in [5.74, 6) is 0.922. The van der Waals surface area contributed by atoms with Gasteiger partial charge in [0.05, 0.1) is 0 Å². The van der Waals surface area contributed by atoms with Gasteiger partial charge in [0, 0.05) is 0 Å². The number of hydrogen-bond donors (Lipinski definition) is 1. The van der Waals surface area contributed by atoms with Crippen molar-refractivity contribution < 1.29 is 4.74 Å². The summed E-state index contributed by atoms with van der Waals surface area (Å²) in [5.41, 5.74) is 1.41. The van der Waals surface area contributed by atoms with E-state index in [2.05, 4.69) is 67.9 Å². The first kappa shape index (κ1) is 27.0. The van der Waals surface area contributed by atoms with Gasteiger partial charge in [-0.1, -0.05) is 0 Å². The Balaban J connectivity index is 1.71. The van der Waals surface area contributed by atoms with E-state index in [-0.39, 0.29) is 5.54 Å². The molecule has 5 heteroatoms. The van der Waals surface area contributed by atoms with Crippen molar-refractivity contribution >= 4 is 35.4 Å². The van der Waals surface area contributed by atoms with E-state index in [0.29, 0.717) is 3.43 Å². The molecule has 1 saturated carbocycles. The van der Waals surface area contributed by atoms with Gasteiger partial charge in [-0.15, -0.1) is 0 Å². The van der Waals surface area contributed by atoms with Crippen LogP contribution >= 0.6 is 11.3 Å². The Morgan fingerprint density at radius 1 is 1.00 bits per heavy atom. The summed E-state index contributed by atoms with van der Waals surface area (Å²) in [5, 5.41) is 5.26. The summed E-state index contributed by atoms with van der Waals surface area (Å²) >= 11 is 1.37. The van der Waals surface area contributed by atoms with Crippen molar-refractivity contribution in [2.24, 2.45) is 0 Å². The van der Waals surface area contributed by atoms with Gasteiger partial charge in [-0.05, 0) is 0 Å². The average Bonchev–Trinajstić information content (AvgIpc) is 3.28. The Labute approximate surface area is 216 Å². The molecule has 3 rings (SSSR count). The molecule has 3 nitrogen and oxygen atoms in total. The van der Waals surface area contributed by atoms with Gasteiger partial charge in [-0.3, -0.25) is 0 Å². The Kier molecular flexibility index (Phi) is 11.0. The predicted octanol–water partition coefficient (Wildman–Crippen LogP) is 7.38. The molecule has 1 N–H and O–H groups in total. The van der Waals surface area contributed by atoms with Gasteiger partial charge in [0.1, 0.15) is 0 Å². The van der Waals surface area contributed by atoms with Gasteiger partial charge >= 0.3 is 218 Å². The minimum atomic E-state index is -0.694. The third-order valence-electron chi connectivity index (χ3n) is 7.33. The molecular formula is C28H44N2OSSn. The van der Waals surface area contributed by atoms with Gasteiger partial charge < -0.3 is 0 Å². The molecule has 0 atom stereocenters. The Bertz CT molecular complexity index is 794. The molecule has 1 aromatic carbocycles. The summed E-state index contributed by atoms with van der Waals surface area (Å²) in [7, 11) is 1.72. The average molecular weight is 575 g/mol. The van der Waals surface area contributed by atoms with Crippen molar-refractivity contribution in [3.63, 3.8) is 0 Å². The van der Waals surface area contributed by atoms with Gasteiger partial charge in [-0.2, -0.15) is 0 Å². The van der Waals surface area contributed by atoms with E-state index < -0.39 is 21.1 Å². The molecule has 182 valence electrons. The zero-order valence-electron chi connectivity index (χ0n) is 21.3. The number of thiazole rings is 1. The van der Waals surface area contributed by atoms with Crippen LogP contribution < -0.4 is 12.9 Å². The third kappa shape index (κ3) is 7.44. The van der Waals surface area contributed by atoms with E-state index in [9.17, 15) is 0 Å². The number of nitrogens with zero attached hydrogens (tertiary/aromatic N) is 1. The number of unbranched alkanes of at least 4 members (excludes halogenated alkanes) is 3. The van der Waals surface area contributed by atoms with E-state index in [0.717, 1.165) is 12.3 Å². The summed E-state index contributed by atoms with van der Waals surface area (Å²) in [4.78, 5) is 5.05. The summed E-state index contributed by atoms with van der Waals surface area (Å²) < 4.78 is 7.62. The summed E-state index contributed by atoms with van der Waals surface area (Å²) in [6.07, 6.45) is 18.5. The van der Waals surface area contributed by atoms with E-state index in [1.165, 1.54) is 87.6 Å². The molecule has 0 saturated heterocycles. The molecule has 0 unspecified atom stereocenters. The molecule has 1 fully saturated rings. The molecule has 0 aliphatic heterocycles. The van der Waals surface area contributed by atoms with Crippen LogP contribution in [0.15, 0.2) is 30.5 Å². The number of benzene rings is 1. The molecule has 2 radical (unpaired) electrons. The van der Waals surface area contributed by atoms with Crippen LogP contribution in [0.2, 0.25) is 3.43 Å². The first-order valence-electron chi connectivity index (χ1n) is 13.2. The second kappa shape index (κ2) is 13.5. The standard InChI is InChI=1S/C15H17N2OS.C13H27.Sn/c1-18-13-5-3-12(4-6-13)11-17-15(7-2-8-15)14-16-9-10-19-14;1-4-7-10-13(11-8-5-2)12-9-6-3;/h3-6,9,17H,2,7-8,11H2,1H3;4-12H2,1-3H3;. The second-order valence-electron chi connectivity index (χ2n) is 9.88. The molecule has 1 aliphatic carbocycles. The van der Waals surface area contributed by atoms with Crippen molar-refractivity contribution in [2.45, 2.75) is 113 Å². The van der Waals surface area contributed by atoms with Crippen molar-refractivity contribution in [1.82, 2.24) is 10.3 Å². The fourth-order valence-electron chi connectivity index (χ4n) is 4.93. The minimum absolute atomic E-state index is 0.0984.